The first-order chi connectivity index (χ1) is 15.4. The molecule has 2 heterocycles. The Morgan fingerprint density at radius 3 is 2.00 bits per heavy atom. The molecule has 4 rings (SSSR count). The van der Waals surface area contributed by atoms with E-state index in [2.05, 4.69) is 20.8 Å². The van der Waals surface area contributed by atoms with E-state index in [0.29, 0.717) is 38.3 Å². The molecule has 11 heteroatoms. The Kier molecular flexibility index (Phi) is 7.23. The lowest BCUT2D eigenvalue weighted by Gasteiger charge is -2.08. The van der Waals surface area contributed by atoms with E-state index in [-0.39, 0.29) is 0 Å². The quantitative estimate of drug-likeness (QED) is 0.278. The molecule has 2 N–H and O–H groups in total. The number of thiocarbonyl (C=S) groups is 1. The van der Waals surface area contributed by atoms with Crippen LogP contribution < -0.4 is 10.6 Å². The van der Waals surface area contributed by atoms with Crippen LogP contribution in [0.15, 0.2) is 61.2 Å². The third kappa shape index (κ3) is 5.74. The molecular formula is C21H16Cl4N6S. The van der Waals surface area contributed by atoms with E-state index in [4.69, 9.17) is 58.6 Å². The fraction of sp³-hybridized carbons (Fsp3) is 0.0952. The molecule has 0 unspecified atom stereocenters. The minimum atomic E-state index is 0.407. The van der Waals surface area contributed by atoms with E-state index in [1.54, 1.807) is 52.1 Å². The molecule has 0 saturated heterocycles. The molecule has 0 bridgehead atoms. The molecular weight excluding hydrogens is 510 g/mol. The van der Waals surface area contributed by atoms with Crippen molar-refractivity contribution < 1.29 is 0 Å². The van der Waals surface area contributed by atoms with Crippen molar-refractivity contribution in [3.05, 3.63) is 92.4 Å². The number of hydrogen-bond acceptors (Lipinski definition) is 3. The van der Waals surface area contributed by atoms with Crippen molar-refractivity contribution in [3.8, 4) is 0 Å². The number of rotatable bonds is 6. The second-order valence-electron chi connectivity index (χ2n) is 6.87. The summed E-state index contributed by atoms with van der Waals surface area (Å²) in [6.07, 6.45) is 7.01. The van der Waals surface area contributed by atoms with Crippen LogP contribution in [0.5, 0.6) is 0 Å². The molecule has 2 aromatic carbocycles. The van der Waals surface area contributed by atoms with Gasteiger partial charge in [0.05, 0.1) is 36.9 Å². The third-order valence-electron chi connectivity index (χ3n) is 4.51. The lowest BCUT2D eigenvalue weighted by Crippen LogP contribution is -2.18. The molecule has 0 fully saturated rings. The smallest absolute Gasteiger partial charge is 0.175 e. The van der Waals surface area contributed by atoms with Gasteiger partial charge in [-0.2, -0.15) is 10.2 Å². The van der Waals surface area contributed by atoms with Crippen LogP contribution in [-0.4, -0.2) is 24.7 Å². The Bertz CT molecular complexity index is 1250. The van der Waals surface area contributed by atoms with Crippen LogP contribution >= 0.6 is 58.6 Å². The normalized spacial score (nSPS) is 10.9. The number of nitrogens with zero attached hydrogens (tertiary/aromatic N) is 4. The van der Waals surface area contributed by atoms with E-state index >= 15 is 0 Å². The van der Waals surface area contributed by atoms with Gasteiger partial charge in [0.25, 0.3) is 0 Å². The van der Waals surface area contributed by atoms with Crippen molar-refractivity contribution in [2.75, 3.05) is 10.6 Å². The van der Waals surface area contributed by atoms with Crippen LogP contribution in [-0.2, 0) is 13.1 Å². The molecule has 4 aromatic rings. The molecule has 2 aromatic heterocycles. The second-order valence-corrected chi connectivity index (χ2v) is 8.93. The van der Waals surface area contributed by atoms with Crippen molar-refractivity contribution in [1.82, 2.24) is 19.6 Å². The minimum Gasteiger partial charge on any atom is -0.330 e. The lowest BCUT2D eigenvalue weighted by atomic mass is 10.2. The van der Waals surface area contributed by atoms with E-state index < -0.39 is 0 Å². The molecule has 0 aliphatic rings. The molecule has 6 nitrogen and oxygen atoms in total. The van der Waals surface area contributed by atoms with Gasteiger partial charge in [0.1, 0.15) is 0 Å². The van der Waals surface area contributed by atoms with Crippen molar-refractivity contribution in [2.24, 2.45) is 0 Å². The molecule has 0 atom stereocenters. The first-order valence-corrected chi connectivity index (χ1v) is 11.3. The van der Waals surface area contributed by atoms with Crippen LogP contribution in [0.2, 0.25) is 20.1 Å². The Morgan fingerprint density at radius 1 is 0.812 bits per heavy atom. The maximum Gasteiger partial charge on any atom is 0.175 e. The summed E-state index contributed by atoms with van der Waals surface area (Å²) in [4.78, 5) is 0. The summed E-state index contributed by atoms with van der Waals surface area (Å²) in [5, 5.41) is 17.6. The Labute approximate surface area is 210 Å². The van der Waals surface area contributed by atoms with Gasteiger partial charge in [-0.3, -0.25) is 9.36 Å². The van der Waals surface area contributed by atoms with Crippen molar-refractivity contribution >= 4 is 75.1 Å². The van der Waals surface area contributed by atoms with E-state index in [0.717, 1.165) is 22.5 Å². The Balaban J connectivity index is 1.34. The van der Waals surface area contributed by atoms with Crippen LogP contribution in [0.1, 0.15) is 11.1 Å². The fourth-order valence-electron chi connectivity index (χ4n) is 2.99. The van der Waals surface area contributed by atoms with Crippen molar-refractivity contribution in [1.29, 1.82) is 0 Å². The van der Waals surface area contributed by atoms with Gasteiger partial charge in [-0.15, -0.1) is 0 Å². The minimum absolute atomic E-state index is 0.407. The zero-order valence-corrected chi connectivity index (χ0v) is 20.2. The van der Waals surface area contributed by atoms with E-state index in [1.807, 2.05) is 18.5 Å². The molecule has 0 amide bonds. The van der Waals surface area contributed by atoms with Gasteiger partial charge in [-0.1, -0.05) is 58.5 Å². The summed E-state index contributed by atoms with van der Waals surface area (Å²) in [5.74, 6) is 0. The average molecular weight is 526 g/mol. The van der Waals surface area contributed by atoms with Crippen molar-refractivity contribution in [3.63, 3.8) is 0 Å². The number of nitrogens with one attached hydrogen (secondary N) is 2. The summed E-state index contributed by atoms with van der Waals surface area (Å²) in [7, 11) is 0. The van der Waals surface area contributed by atoms with Gasteiger partial charge >= 0.3 is 0 Å². The maximum absolute atomic E-state index is 6.24. The highest BCUT2D eigenvalue weighted by atomic mass is 35.5. The van der Waals surface area contributed by atoms with E-state index in [1.165, 1.54) is 0 Å². The molecule has 0 saturated carbocycles. The molecule has 0 spiro atoms. The fourth-order valence-corrected chi connectivity index (χ4v) is 4.21. The standard InChI is InChI=1S/C21H16Cl4N6S/c22-14-5-4-13(20(25)6-14)9-30-10-15(7-26-30)28-21(32)29-16-8-27-31(11-16)12-17-18(23)2-1-3-19(17)24/h1-8,10-11H,9,12H2,(H2,28,29,32). The lowest BCUT2D eigenvalue weighted by molar-refractivity contribution is 0.687. The molecule has 164 valence electrons. The number of halogens is 4. The van der Waals surface area contributed by atoms with Gasteiger partial charge in [0.15, 0.2) is 5.11 Å². The summed E-state index contributed by atoms with van der Waals surface area (Å²) in [6.45, 7) is 0.954. The monoisotopic (exact) mass is 524 g/mol. The maximum atomic E-state index is 6.24. The van der Waals surface area contributed by atoms with Crippen LogP contribution in [0.25, 0.3) is 0 Å². The molecule has 32 heavy (non-hydrogen) atoms. The summed E-state index contributed by atoms with van der Waals surface area (Å²) >= 11 is 30.1. The van der Waals surface area contributed by atoms with Crippen LogP contribution in [0.3, 0.4) is 0 Å². The SMILES string of the molecule is S=C(Nc1cnn(Cc2ccc(Cl)cc2Cl)c1)Nc1cnn(Cc2c(Cl)cccc2Cl)c1. The highest BCUT2D eigenvalue weighted by Crippen LogP contribution is 2.25. The van der Waals surface area contributed by atoms with Gasteiger partial charge in [0.2, 0.25) is 0 Å². The predicted molar refractivity (Wildman–Crippen MR) is 135 cm³/mol. The zero-order valence-electron chi connectivity index (χ0n) is 16.4. The molecule has 0 radical (unpaired) electrons. The summed E-state index contributed by atoms with van der Waals surface area (Å²) in [6, 6.07) is 10.8. The van der Waals surface area contributed by atoms with Gasteiger partial charge in [-0.25, -0.2) is 0 Å². The van der Waals surface area contributed by atoms with Crippen LogP contribution in [0.4, 0.5) is 11.4 Å². The zero-order chi connectivity index (χ0) is 22.7. The number of aromatic nitrogens is 4. The highest BCUT2D eigenvalue weighted by Gasteiger charge is 2.09. The topological polar surface area (TPSA) is 59.7 Å². The van der Waals surface area contributed by atoms with Gasteiger partial charge in [0, 0.05) is 38.0 Å². The Morgan fingerprint density at radius 2 is 1.41 bits per heavy atom. The molecule has 0 aliphatic heterocycles. The third-order valence-corrected chi connectivity index (χ3v) is 6.01. The predicted octanol–water partition coefficient (Wildman–Crippen LogP) is 6.60. The Hall–Kier alpha value is -2.29. The molecule has 0 aliphatic carbocycles. The highest BCUT2D eigenvalue weighted by molar-refractivity contribution is 7.80. The first kappa shape index (κ1) is 22.9. The van der Waals surface area contributed by atoms with Crippen molar-refractivity contribution in [2.45, 2.75) is 13.1 Å². The average Bonchev–Trinajstić information content (AvgIpc) is 3.36. The largest absolute Gasteiger partial charge is 0.330 e. The number of hydrogen-bond donors (Lipinski definition) is 2. The first-order valence-electron chi connectivity index (χ1n) is 9.37. The van der Waals surface area contributed by atoms with Crippen LogP contribution in [0, 0.1) is 0 Å². The summed E-state index contributed by atoms with van der Waals surface area (Å²) < 4.78 is 3.48. The van der Waals surface area contributed by atoms with Gasteiger partial charge in [-0.05, 0) is 42.0 Å². The van der Waals surface area contributed by atoms with E-state index in [9.17, 15) is 0 Å². The number of anilines is 2. The summed E-state index contributed by atoms with van der Waals surface area (Å²) in [5.41, 5.74) is 3.19. The van der Waals surface area contributed by atoms with Gasteiger partial charge < -0.3 is 10.6 Å². The second kappa shape index (κ2) is 10.1. The number of benzene rings is 2.